The third kappa shape index (κ3) is 8.05. The van der Waals surface area contributed by atoms with Crippen LogP contribution in [-0.2, 0) is 9.53 Å². The minimum absolute atomic E-state index is 0.123. The number of hydrogen-bond donors (Lipinski definition) is 0. The van der Waals surface area contributed by atoms with Gasteiger partial charge in [-0.25, -0.2) is 0 Å². The molecule has 0 aliphatic heterocycles. The van der Waals surface area contributed by atoms with Gasteiger partial charge in [0.2, 0.25) is 0 Å². The average Bonchev–Trinajstić information content (AvgIpc) is 2.02. The minimum Gasteiger partial charge on any atom is -0.463 e. The molecule has 84 valence electrons. The summed E-state index contributed by atoms with van der Waals surface area (Å²) in [6.07, 6.45) is 4.24. The van der Waals surface area contributed by atoms with E-state index in [1.54, 1.807) is 0 Å². The van der Waals surface area contributed by atoms with Crippen LogP contribution in [0.2, 0.25) is 0 Å². The van der Waals surface area contributed by atoms with E-state index in [1.807, 2.05) is 0 Å². The van der Waals surface area contributed by atoms with Gasteiger partial charge in [-0.05, 0) is 39.9 Å². The molecule has 0 spiro atoms. The number of carbonyl (C=O) groups is 1. The van der Waals surface area contributed by atoms with Crippen molar-refractivity contribution in [2.75, 3.05) is 20.6 Å². The fraction of sp³-hybridized carbons (Fsp3) is 0.909. The van der Waals surface area contributed by atoms with E-state index >= 15 is 0 Å². The predicted molar refractivity (Wildman–Crippen MR) is 58.3 cm³/mol. The minimum atomic E-state index is -0.159. The third-order valence-electron chi connectivity index (χ3n) is 2.07. The first-order valence-electron chi connectivity index (χ1n) is 5.38. The molecular weight excluding hydrogens is 178 g/mol. The van der Waals surface area contributed by atoms with E-state index in [1.165, 1.54) is 6.92 Å². The van der Waals surface area contributed by atoms with Crippen molar-refractivity contribution in [3.63, 3.8) is 0 Å². The SMILES string of the molecule is CCCC(CCCN(C)C)OC(C)=O. The number of ether oxygens (including phenoxy) is 1. The zero-order chi connectivity index (χ0) is 11.0. The Labute approximate surface area is 87.4 Å². The summed E-state index contributed by atoms with van der Waals surface area (Å²) in [6.45, 7) is 4.65. The Kier molecular flexibility index (Phi) is 7.48. The summed E-state index contributed by atoms with van der Waals surface area (Å²) in [5, 5.41) is 0. The molecule has 0 fully saturated rings. The quantitative estimate of drug-likeness (QED) is 0.590. The van der Waals surface area contributed by atoms with Crippen LogP contribution in [0.15, 0.2) is 0 Å². The van der Waals surface area contributed by atoms with Gasteiger partial charge in [0.15, 0.2) is 0 Å². The van der Waals surface area contributed by atoms with Crippen molar-refractivity contribution < 1.29 is 9.53 Å². The second-order valence-electron chi connectivity index (χ2n) is 3.97. The maximum atomic E-state index is 10.8. The molecule has 0 aromatic carbocycles. The summed E-state index contributed by atoms with van der Waals surface area (Å²) in [6, 6.07) is 0. The molecule has 0 aliphatic carbocycles. The highest BCUT2D eigenvalue weighted by Gasteiger charge is 2.10. The van der Waals surface area contributed by atoms with Crippen molar-refractivity contribution in [2.24, 2.45) is 0 Å². The van der Waals surface area contributed by atoms with Crippen molar-refractivity contribution in [3.8, 4) is 0 Å². The van der Waals surface area contributed by atoms with Gasteiger partial charge in [-0.1, -0.05) is 13.3 Å². The van der Waals surface area contributed by atoms with Crippen LogP contribution in [0.4, 0.5) is 0 Å². The first-order chi connectivity index (χ1) is 6.56. The molecular formula is C11H23NO2. The molecule has 0 saturated carbocycles. The second kappa shape index (κ2) is 7.80. The normalized spacial score (nSPS) is 12.9. The van der Waals surface area contributed by atoms with Gasteiger partial charge in [0.05, 0.1) is 0 Å². The van der Waals surface area contributed by atoms with Gasteiger partial charge in [-0.3, -0.25) is 4.79 Å². The molecule has 0 aromatic rings. The summed E-state index contributed by atoms with van der Waals surface area (Å²) >= 11 is 0. The number of hydrogen-bond acceptors (Lipinski definition) is 3. The summed E-state index contributed by atoms with van der Waals surface area (Å²) in [4.78, 5) is 12.9. The van der Waals surface area contributed by atoms with Crippen LogP contribution in [0.1, 0.15) is 39.5 Å². The number of carbonyl (C=O) groups excluding carboxylic acids is 1. The Morgan fingerprint density at radius 1 is 1.36 bits per heavy atom. The Bertz CT molecular complexity index is 157. The lowest BCUT2D eigenvalue weighted by Crippen LogP contribution is -2.19. The average molecular weight is 201 g/mol. The standard InChI is InChI=1S/C11H23NO2/c1-5-7-11(14-10(2)13)8-6-9-12(3)4/h11H,5-9H2,1-4H3. The van der Waals surface area contributed by atoms with Gasteiger partial charge in [-0.2, -0.15) is 0 Å². The van der Waals surface area contributed by atoms with E-state index in [0.29, 0.717) is 0 Å². The van der Waals surface area contributed by atoms with Crippen molar-refractivity contribution in [1.29, 1.82) is 0 Å². The largest absolute Gasteiger partial charge is 0.463 e. The lowest BCUT2D eigenvalue weighted by Gasteiger charge is -2.17. The maximum absolute atomic E-state index is 10.8. The third-order valence-corrected chi connectivity index (χ3v) is 2.07. The Morgan fingerprint density at radius 3 is 2.43 bits per heavy atom. The smallest absolute Gasteiger partial charge is 0.302 e. The van der Waals surface area contributed by atoms with Gasteiger partial charge in [0.1, 0.15) is 6.10 Å². The summed E-state index contributed by atoms with van der Waals surface area (Å²) in [5.74, 6) is -0.159. The van der Waals surface area contributed by atoms with Crippen molar-refractivity contribution >= 4 is 5.97 Å². The van der Waals surface area contributed by atoms with Crippen LogP contribution in [0.5, 0.6) is 0 Å². The van der Waals surface area contributed by atoms with Crippen LogP contribution < -0.4 is 0 Å². The van der Waals surface area contributed by atoms with Gasteiger partial charge in [-0.15, -0.1) is 0 Å². The van der Waals surface area contributed by atoms with Crippen molar-refractivity contribution in [3.05, 3.63) is 0 Å². The maximum Gasteiger partial charge on any atom is 0.302 e. The van der Waals surface area contributed by atoms with E-state index < -0.39 is 0 Å². The molecule has 14 heavy (non-hydrogen) atoms. The van der Waals surface area contributed by atoms with E-state index in [9.17, 15) is 4.79 Å². The Hall–Kier alpha value is -0.570. The molecule has 3 heteroatoms. The zero-order valence-corrected chi connectivity index (χ0v) is 9.88. The highest BCUT2D eigenvalue weighted by Crippen LogP contribution is 2.09. The second-order valence-corrected chi connectivity index (χ2v) is 3.97. The summed E-state index contributed by atoms with van der Waals surface area (Å²) < 4.78 is 5.22. The van der Waals surface area contributed by atoms with Gasteiger partial charge >= 0.3 is 5.97 Å². The highest BCUT2D eigenvalue weighted by molar-refractivity contribution is 5.66. The van der Waals surface area contributed by atoms with Gasteiger partial charge < -0.3 is 9.64 Å². The zero-order valence-electron chi connectivity index (χ0n) is 9.88. The molecule has 0 bridgehead atoms. The Morgan fingerprint density at radius 2 is 2.00 bits per heavy atom. The molecule has 0 saturated heterocycles. The van der Waals surface area contributed by atoms with E-state index in [-0.39, 0.29) is 12.1 Å². The summed E-state index contributed by atoms with van der Waals surface area (Å²) in [7, 11) is 4.11. The molecule has 0 N–H and O–H groups in total. The van der Waals surface area contributed by atoms with E-state index in [2.05, 4.69) is 25.9 Å². The van der Waals surface area contributed by atoms with Crippen LogP contribution in [-0.4, -0.2) is 37.6 Å². The highest BCUT2D eigenvalue weighted by atomic mass is 16.5. The molecule has 0 rings (SSSR count). The monoisotopic (exact) mass is 201 g/mol. The fourth-order valence-corrected chi connectivity index (χ4v) is 1.45. The fourth-order valence-electron chi connectivity index (χ4n) is 1.45. The first-order valence-corrected chi connectivity index (χ1v) is 5.38. The molecule has 0 heterocycles. The number of esters is 1. The van der Waals surface area contributed by atoms with Crippen LogP contribution in [0, 0.1) is 0 Å². The number of rotatable bonds is 7. The molecule has 0 radical (unpaired) electrons. The lowest BCUT2D eigenvalue weighted by atomic mass is 10.1. The van der Waals surface area contributed by atoms with E-state index in [0.717, 1.165) is 32.2 Å². The Balaban J connectivity index is 3.67. The van der Waals surface area contributed by atoms with Crippen LogP contribution in [0.25, 0.3) is 0 Å². The van der Waals surface area contributed by atoms with Crippen molar-refractivity contribution in [1.82, 2.24) is 4.90 Å². The van der Waals surface area contributed by atoms with Crippen LogP contribution >= 0.6 is 0 Å². The predicted octanol–water partition coefficient (Wildman–Crippen LogP) is 2.06. The molecule has 3 nitrogen and oxygen atoms in total. The molecule has 0 amide bonds. The lowest BCUT2D eigenvalue weighted by molar-refractivity contribution is -0.147. The van der Waals surface area contributed by atoms with Crippen LogP contribution in [0.3, 0.4) is 0 Å². The topological polar surface area (TPSA) is 29.5 Å². The molecule has 1 unspecified atom stereocenters. The first kappa shape index (κ1) is 13.4. The van der Waals surface area contributed by atoms with Crippen molar-refractivity contribution in [2.45, 2.75) is 45.6 Å². The molecule has 0 aliphatic rings. The molecule has 1 atom stereocenters. The van der Waals surface area contributed by atoms with Gasteiger partial charge in [0.25, 0.3) is 0 Å². The molecule has 0 aromatic heterocycles. The van der Waals surface area contributed by atoms with Gasteiger partial charge in [0, 0.05) is 6.92 Å². The number of nitrogens with zero attached hydrogens (tertiary/aromatic N) is 1. The van der Waals surface area contributed by atoms with E-state index in [4.69, 9.17) is 4.74 Å². The summed E-state index contributed by atoms with van der Waals surface area (Å²) in [5.41, 5.74) is 0.